The zero-order valence-corrected chi connectivity index (χ0v) is 26.7. The van der Waals surface area contributed by atoms with Gasteiger partial charge in [0.2, 0.25) is 5.91 Å². The Labute approximate surface area is 277 Å². The summed E-state index contributed by atoms with van der Waals surface area (Å²) in [5.41, 5.74) is -1.59. The van der Waals surface area contributed by atoms with E-state index in [4.69, 9.17) is 0 Å². The van der Waals surface area contributed by atoms with Crippen LogP contribution in [0.15, 0.2) is 78.9 Å². The minimum absolute atomic E-state index is 0.0431. The van der Waals surface area contributed by atoms with Crippen molar-refractivity contribution in [3.8, 4) is 0 Å². The largest absolute Gasteiger partial charge is 0.416 e. The molecule has 8 nitrogen and oxygen atoms in total. The van der Waals surface area contributed by atoms with Crippen LogP contribution in [0.25, 0.3) is 0 Å². The summed E-state index contributed by atoms with van der Waals surface area (Å²) in [6.07, 6.45) is -11.3. The van der Waals surface area contributed by atoms with Gasteiger partial charge in [-0.1, -0.05) is 66.7 Å². The molecule has 4 N–H and O–H groups in total. The number of alkyl halides is 6. The molecular formula is C33H34F6N4O4S. The summed E-state index contributed by atoms with van der Waals surface area (Å²) < 4.78 is 79.9. The highest BCUT2D eigenvalue weighted by Crippen LogP contribution is 2.40. The van der Waals surface area contributed by atoms with Gasteiger partial charge in [-0.25, -0.2) is 4.79 Å². The lowest BCUT2D eigenvalue weighted by atomic mass is 9.97. The van der Waals surface area contributed by atoms with Crippen LogP contribution in [-0.2, 0) is 41.5 Å². The Morgan fingerprint density at radius 1 is 0.833 bits per heavy atom. The molecule has 0 unspecified atom stereocenters. The Morgan fingerprint density at radius 2 is 1.33 bits per heavy atom. The Bertz CT molecular complexity index is 1600. The first kappa shape index (κ1) is 36.6. The van der Waals surface area contributed by atoms with Crippen molar-refractivity contribution in [1.82, 2.24) is 20.9 Å². The molecule has 0 spiro atoms. The van der Waals surface area contributed by atoms with Crippen molar-refractivity contribution in [2.24, 2.45) is 0 Å². The fourth-order valence-corrected chi connectivity index (χ4v) is 6.58. The van der Waals surface area contributed by atoms with Crippen LogP contribution in [0.2, 0.25) is 0 Å². The standard InChI is InChI=1S/C33H34F6N4O4S/c1-31(2)27(28(45)40-17-21-12-6-8-14-23(21)32(34,35)36)43(19-48-31)29(46)26(44)25(16-20-10-4-3-5-11-20)42-30(47)41-18-22-13-7-9-15-24(22)33(37,38)39/h3-15,25-27,44H,16-19H2,1-2H3,(H,40,45)(H2,41,42,47)/t25-,26-,27+/m0/s1. The SMILES string of the molecule is CC1(C)SCN(C(=O)[C@@H](O)[C@H](Cc2ccccc2)NC(=O)NCc2ccccc2C(F)(F)F)[C@@H]1C(=O)NCc1ccccc1C(F)(F)F. The number of hydrogen-bond acceptors (Lipinski definition) is 5. The molecule has 3 atom stereocenters. The van der Waals surface area contributed by atoms with Crippen molar-refractivity contribution in [3.63, 3.8) is 0 Å². The van der Waals surface area contributed by atoms with E-state index in [0.29, 0.717) is 5.56 Å². The number of urea groups is 1. The number of carbonyl (C=O) groups is 3. The molecule has 0 saturated carbocycles. The van der Waals surface area contributed by atoms with Crippen molar-refractivity contribution in [2.75, 3.05) is 5.88 Å². The molecule has 1 heterocycles. The van der Waals surface area contributed by atoms with Gasteiger partial charge in [0.15, 0.2) is 6.10 Å². The molecule has 1 aliphatic heterocycles. The number of carbonyl (C=O) groups excluding carboxylic acids is 3. The Morgan fingerprint density at radius 3 is 1.88 bits per heavy atom. The molecule has 1 saturated heterocycles. The molecule has 4 rings (SSSR count). The second-order valence-corrected chi connectivity index (χ2v) is 13.3. The van der Waals surface area contributed by atoms with Crippen LogP contribution in [-0.4, -0.2) is 56.7 Å². The predicted molar refractivity (Wildman–Crippen MR) is 167 cm³/mol. The van der Waals surface area contributed by atoms with Gasteiger partial charge in [0.25, 0.3) is 5.91 Å². The number of halogens is 6. The van der Waals surface area contributed by atoms with E-state index < -0.39 is 77.3 Å². The number of amides is 4. The lowest BCUT2D eigenvalue weighted by Crippen LogP contribution is -2.59. The highest BCUT2D eigenvalue weighted by molar-refractivity contribution is 8.00. The van der Waals surface area contributed by atoms with E-state index in [1.54, 1.807) is 44.2 Å². The molecule has 4 amide bonds. The van der Waals surface area contributed by atoms with E-state index in [-0.39, 0.29) is 23.4 Å². The Hall–Kier alpha value is -4.24. The second-order valence-electron chi connectivity index (χ2n) is 11.7. The van der Waals surface area contributed by atoms with E-state index >= 15 is 0 Å². The van der Waals surface area contributed by atoms with Gasteiger partial charge in [-0.3, -0.25) is 9.59 Å². The topological polar surface area (TPSA) is 111 Å². The highest BCUT2D eigenvalue weighted by atomic mass is 32.2. The second kappa shape index (κ2) is 14.9. The van der Waals surface area contributed by atoms with Gasteiger partial charge in [0.1, 0.15) is 6.04 Å². The molecule has 3 aromatic carbocycles. The quantitative estimate of drug-likeness (QED) is 0.210. The van der Waals surface area contributed by atoms with Crippen molar-refractivity contribution < 1.29 is 45.8 Å². The molecule has 3 aromatic rings. The van der Waals surface area contributed by atoms with Crippen LogP contribution in [0.3, 0.4) is 0 Å². The van der Waals surface area contributed by atoms with Crippen molar-refractivity contribution in [1.29, 1.82) is 0 Å². The third-order valence-corrected chi connectivity index (χ3v) is 9.24. The predicted octanol–water partition coefficient (Wildman–Crippen LogP) is 5.49. The van der Waals surface area contributed by atoms with E-state index in [2.05, 4.69) is 16.0 Å². The fourth-order valence-electron chi connectivity index (χ4n) is 5.44. The molecule has 15 heteroatoms. The van der Waals surface area contributed by atoms with E-state index in [1.807, 2.05) is 0 Å². The number of nitrogens with one attached hydrogen (secondary N) is 3. The molecule has 48 heavy (non-hydrogen) atoms. The zero-order chi connectivity index (χ0) is 35.3. The number of hydrogen-bond donors (Lipinski definition) is 4. The normalized spacial score (nSPS) is 17.4. The van der Waals surface area contributed by atoms with Crippen LogP contribution < -0.4 is 16.0 Å². The minimum Gasteiger partial charge on any atom is -0.381 e. The minimum atomic E-state index is -4.65. The number of thioether (sulfide) groups is 1. The lowest BCUT2D eigenvalue weighted by molar-refractivity contribution is -0.147. The van der Waals surface area contributed by atoms with Crippen LogP contribution in [0, 0.1) is 0 Å². The van der Waals surface area contributed by atoms with Crippen LogP contribution in [0.4, 0.5) is 31.1 Å². The van der Waals surface area contributed by atoms with Gasteiger partial charge >= 0.3 is 18.4 Å². The summed E-state index contributed by atoms with van der Waals surface area (Å²) in [5, 5.41) is 18.7. The zero-order valence-electron chi connectivity index (χ0n) is 25.9. The molecular weight excluding hydrogens is 662 g/mol. The monoisotopic (exact) mass is 696 g/mol. The Kier molecular flexibility index (Phi) is 11.4. The van der Waals surface area contributed by atoms with E-state index in [9.17, 15) is 45.8 Å². The van der Waals surface area contributed by atoms with Crippen molar-refractivity contribution >= 4 is 29.6 Å². The van der Waals surface area contributed by atoms with E-state index in [0.717, 1.165) is 17.0 Å². The molecule has 0 radical (unpaired) electrons. The van der Waals surface area contributed by atoms with Crippen LogP contribution in [0.5, 0.6) is 0 Å². The molecule has 0 bridgehead atoms. The van der Waals surface area contributed by atoms with Crippen LogP contribution >= 0.6 is 11.8 Å². The molecule has 258 valence electrons. The molecule has 1 fully saturated rings. The fraction of sp³-hybridized carbons (Fsp3) is 0.364. The summed E-state index contributed by atoms with van der Waals surface area (Å²) in [4.78, 5) is 41.3. The first-order valence-corrected chi connectivity index (χ1v) is 15.8. The Balaban J connectivity index is 1.51. The summed E-state index contributed by atoms with van der Waals surface area (Å²) >= 11 is 1.22. The van der Waals surface area contributed by atoms with Gasteiger partial charge in [-0.05, 0) is 49.1 Å². The molecule has 0 aliphatic carbocycles. The summed E-state index contributed by atoms with van der Waals surface area (Å²) in [6, 6.07) is 14.5. The molecule has 1 aliphatic rings. The number of nitrogens with zero attached hydrogens (tertiary/aromatic N) is 1. The van der Waals surface area contributed by atoms with Gasteiger partial charge in [0.05, 0.1) is 23.0 Å². The number of rotatable bonds is 10. The summed E-state index contributed by atoms with van der Waals surface area (Å²) in [5.74, 6) is -1.71. The third-order valence-electron chi connectivity index (χ3n) is 7.86. The third kappa shape index (κ3) is 9.01. The maximum absolute atomic E-state index is 13.8. The average Bonchev–Trinajstić information content (AvgIpc) is 3.36. The number of aliphatic hydroxyl groups excluding tert-OH is 1. The first-order chi connectivity index (χ1) is 22.5. The van der Waals surface area contributed by atoms with Gasteiger partial charge in [-0.15, -0.1) is 11.8 Å². The van der Waals surface area contributed by atoms with Gasteiger partial charge in [-0.2, -0.15) is 26.3 Å². The lowest BCUT2D eigenvalue weighted by Gasteiger charge is -2.33. The summed E-state index contributed by atoms with van der Waals surface area (Å²) in [6.45, 7) is 2.39. The smallest absolute Gasteiger partial charge is 0.381 e. The average molecular weight is 697 g/mol. The maximum atomic E-state index is 13.8. The van der Waals surface area contributed by atoms with Gasteiger partial charge in [0, 0.05) is 17.8 Å². The molecule has 0 aromatic heterocycles. The van der Waals surface area contributed by atoms with Gasteiger partial charge < -0.3 is 26.0 Å². The van der Waals surface area contributed by atoms with E-state index in [1.165, 1.54) is 48.2 Å². The summed E-state index contributed by atoms with van der Waals surface area (Å²) in [7, 11) is 0. The highest BCUT2D eigenvalue weighted by Gasteiger charge is 2.50. The number of aliphatic hydroxyl groups is 1. The number of benzene rings is 3. The first-order valence-electron chi connectivity index (χ1n) is 14.8. The maximum Gasteiger partial charge on any atom is 0.416 e. The van der Waals surface area contributed by atoms with Crippen LogP contribution in [0.1, 0.15) is 41.7 Å². The van der Waals surface area contributed by atoms with Crippen molar-refractivity contribution in [2.45, 2.75) is 68.6 Å². The van der Waals surface area contributed by atoms with Crippen molar-refractivity contribution in [3.05, 3.63) is 107 Å².